The molecule has 0 aliphatic heterocycles. The first-order chi connectivity index (χ1) is 9.53. The quantitative estimate of drug-likeness (QED) is 0.843. The number of methoxy groups -OCH3 is 1. The van der Waals surface area contributed by atoms with E-state index in [-0.39, 0.29) is 0 Å². The molecule has 106 valence electrons. The van der Waals surface area contributed by atoms with Crippen molar-refractivity contribution in [3.8, 4) is 5.75 Å². The third-order valence-corrected chi connectivity index (χ3v) is 3.12. The van der Waals surface area contributed by atoms with Crippen LogP contribution in [0.3, 0.4) is 0 Å². The Morgan fingerprint density at radius 1 is 1.40 bits per heavy atom. The summed E-state index contributed by atoms with van der Waals surface area (Å²) in [5, 5.41) is 1.05. The zero-order valence-electron chi connectivity index (χ0n) is 11.6. The van der Waals surface area contributed by atoms with Crippen molar-refractivity contribution in [3.05, 3.63) is 36.5 Å². The van der Waals surface area contributed by atoms with Gasteiger partial charge in [-0.25, -0.2) is 0 Å². The maximum absolute atomic E-state index is 11.4. The highest BCUT2D eigenvalue weighted by Crippen LogP contribution is 2.19. The van der Waals surface area contributed by atoms with Crippen LogP contribution < -0.4 is 10.5 Å². The van der Waals surface area contributed by atoms with Crippen LogP contribution in [0.1, 0.15) is 13.3 Å². The predicted octanol–water partition coefficient (Wildman–Crippen LogP) is 1.89. The fourth-order valence-corrected chi connectivity index (χ4v) is 1.85. The van der Waals surface area contributed by atoms with E-state index in [0.29, 0.717) is 18.8 Å². The summed E-state index contributed by atoms with van der Waals surface area (Å²) in [6.45, 7) is 1.96. The highest BCUT2D eigenvalue weighted by molar-refractivity contribution is 5.80. The normalized spacial score (nSPS) is 13.8. The minimum atomic E-state index is -1.04. The first-order valence-corrected chi connectivity index (χ1v) is 6.38. The number of carbonyl (C=O) groups is 1. The van der Waals surface area contributed by atoms with Gasteiger partial charge >= 0.3 is 5.97 Å². The van der Waals surface area contributed by atoms with Crippen molar-refractivity contribution in [2.45, 2.75) is 18.9 Å². The maximum Gasteiger partial charge on any atom is 0.325 e. The number of aromatic nitrogens is 1. The van der Waals surface area contributed by atoms with Crippen LogP contribution in [0.15, 0.2) is 36.5 Å². The van der Waals surface area contributed by atoms with E-state index < -0.39 is 11.5 Å². The van der Waals surface area contributed by atoms with Crippen LogP contribution in [0.5, 0.6) is 5.75 Å². The number of pyridine rings is 1. The Morgan fingerprint density at radius 3 is 2.95 bits per heavy atom. The van der Waals surface area contributed by atoms with E-state index in [0.717, 1.165) is 10.9 Å². The van der Waals surface area contributed by atoms with Crippen LogP contribution in [0.25, 0.3) is 10.9 Å². The number of benzene rings is 1. The van der Waals surface area contributed by atoms with Crippen molar-refractivity contribution < 1.29 is 14.3 Å². The van der Waals surface area contributed by atoms with Crippen molar-refractivity contribution in [3.63, 3.8) is 0 Å². The summed E-state index contributed by atoms with van der Waals surface area (Å²) in [5.74, 6) is 0.262. The van der Waals surface area contributed by atoms with Crippen molar-refractivity contribution in [1.82, 2.24) is 4.98 Å². The molecule has 2 aromatic rings. The SMILES string of the molecule is COC(=O)C(C)(N)CCOc1ccc2cccnc2c1. The zero-order valence-corrected chi connectivity index (χ0v) is 11.6. The Morgan fingerprint density at radius 2 is 2.20 bits per heavy atom. The molecule has 1 heterocycles. The van der Waals surface area contributed by atoms with Crippen LogP contribution in [-0.2, 0) is 9.53 Å². The second-order valence-electron chi connectivity index (χ2n) is 4.87. The van der Waals surface area contributed by atoms with Gasteiger partial charge in [0.2, 0.25) is 0 Å². The van der Waals surface area contributed by atoms with Crippen LogP contribution in [-0.4, -0.2) is 30.2 Å². The minimum Gasteiger partial charge on any atom is -0.493 e. The molecule has 2 N–H and O–H groups in total. The molecular formula is C15H18N2O3. The van der Waals surface area contributed by atoms with E-state index in [1.54, 1.807) is 13.1 Å². The monoisotopic (exact) mass is 274 g/mol. The second kappa shape index (κ2) is 5.88. The Kier molecular flexibility index (Phi) is 4.20. The largest absolute Gasteiger partial charge is 0.493 e. The van der Waals surface area contributed by atoms with Gasteiger partial charge in [-0.2, -0.15) is 0 Å². The molecule has 0 saturated carbocycles. The summed E-state index contributed by atoms with van der Waals surface area (Å²) in [6, 6.07) is 9.55. The molecule has 5 nitrogen and oxygen atoms in total. The summed E-state index contributed by atoms with van der Waals surface area (Å²) in [5.41, 5.74) is 5.69. The van der Waals surface area contributed by atoms with Crippen LogP contribution in [0, 0.1) is 0 Å². The maximum atomic E-state index is 11.4. The number of rotatable bonds is 5. The van der Waals surface area contributed by atoms with Crippen molar-refractivity contribution >= 4 is 16.9 Å². The van der Waals surface area contributed by atoms with Crippen molar-refractivity contribution in [2.24, 2.45) is 5.73 Å². The number of hydrogen-bond acceptors (Lipinski definition) is 5. The zero-order chi connectivity index (χ0) is 14.6. The lowest BCUT2D eigenvalue weighted by atomic mass is 10.0. The van der Waals surface area contributed by atoms with Gasteiger partial charge in [-0.15, -0.1) is 0 Å². The van der Waals surface area contributed by atoms with Gasteiger partial charge in [-0.1, -0.05) is 6.07 Å². The standard InChI is InChI=1S/C15H18N2O3/c1-15(16,14(18)19-2)7-9-20-12-6-5-11-4-3-8-17-13(11)10-12/h3-6,8,10H,7,9,16H2,1-2H3. The summed E-state index contributed by atoms with van der Waals surface area (Å²) < 4.78 is 10.3. The highest BCUT2D eigenvalue weighted by Gasteiger charge is 2.29. The number of esters is 1. The van der Waals surface area contributed by atoms with Gasteiger partial charge in [0.15, 0.2) is 0 Å². The van der Waals surface area contributed by atoms with E-state index in [1.807, 2.05) is 30.3 Å². The fourth-order valence-electron chi connectivity index (χ4n) is 1.85. The second-order valence-corrected chi connectivity index (χ2v) is 4.87. The molecular weight excluding hydrogens is 256 g/mol. The van der Waals surface area contributed by atoms with Crippen LogP contribution in [0.4, 0.5) is 0 Å². The Balaban J connectivity index is 1.98. The molecule has 0 spiro atoms. The number of hydrogen-bond donors (Lipinski definition) is 1. The van der Waals surface area contributed by atoms with Crippen LogP contribution in [0.2, 0.25) is 0 Å². The van der Waals surface area contributed by atoms with Gasteiger partial charge in [-0.3, -0.25) is 9.78 Å². The fraction of sp³-hybridized carbons (Fsp3) is 0.333. The molecule has 1 aromatic heterocycles. The molecule has 0 radical (unpaired) electrons. The van der Waals surface area contributed by atoms with E-state index in [1.165, 1.54) is 7.11 Å². The van der Waals surface area contributed by atoms with Gasteiger partial charge in [0.05, 0.1) is 19.2 Å². The van der Waals surface area contributed by atoms with Crippen molar-refractivity contribution in [1.29, 1.82) is 0 Å². The first kappa shape index (κ1) is 14.3. The average Bonchev–Trinajstić information content (AvgIpc) is 2.46. The van der Waals surface area contributed by atoms with Crippen LogP contribution >= 0.6 is 0 Å². The van der Waals surface area contributed by atoms with E-state index >= 15 is 0 Å². The predicted molar refractivity (Wildman–Crippen MR) is 76.5 cm³/mol. The van der Waals surface area contributed by atoms with Gasteiger partial charge < -0.3 is 15.2 Å². The van der Waals surface area contributed by atoms with Gasteiger partial charge in [0.1, 0.15) is 11.3 Å². The summed E-state index contributed by atoms with van der Waals surface area (Å²) in [7, 11) is 1.32. The first-order valence-electron chi connectivity index (χ1n) is 6.38. The molecule has 20 heavy (non-hydrogen) atoms. The number of nitrogens with two attached hydrogens (primary N) is 1. The molecule has 2 rings (SSSR count). The summed E-state index contributed by atoms with van der Waals surface area (Å²) in [4.78, 5) is 15.7. The number of nitrogens with zero attached hydrogens (tertiary/aromatic N) is 1. The molecule has 0 bridgehead atoms. The van der Waals surface area contributed by atoms with Crippen molar-refractivity contribution in [2.75, 3.05) is 13.7 Å². The topological polar surface area (TPSA) is 74.4 Å². The molecule has 1 unspecified atom stereocenters. The molecule has 0 fully saturated rings. The van der Waals surface area contributed by atoms with E-state index in [4.69, 9.17) is 10.5 Å². The van der Waals surface area contributed by atoms with Gasteiger partial charge in [-0.05, 0) is 25.1 Å². The lowest BCUT2D eigenvalue weighted by Crippen LogP contribution is -2.46. The molecule has 1 atom stereocenters. The number of fused-ring (bicyclic) bond motifs is 1. The molecule has 0 saturated heterocycles. The third-order valence-electron chi connectivity index (χ3n) is 3.12. The Hall–Kier alpha value is -2.14. The molecule has 0 aliphatic rings. The molecule has 0 aliphatic carbocycles. The third kappa shape index (κ3) is 3.24. The lowest BCUT2D eigenvalue weighted by molar-refractivity contribution is -0.146. The number of ether oxygens (including phenoxy) is 2. The summed E-state index contributed by atoms with van der Waals surface area (Å²) >= 11 is 0. The number of carbonyl (C=O) groups excluding carboxylic acids is 1. The minimum absolute atomic E-state index is 0.334. The Bertz CT molecular complexity index is 611. The average molecular weight is 274 g/mol. The lowest BCUT2D eigenvalue weighted by Gasteiger charge is -2.21. The van der Waals surface area contributed by atoms with Gasteiger partial charge in [0, 0.05) is 24.1 Å². The molecule has 1 aromatic carbocycles. The van der Waals surface area contributed by atoms with Gasteiger partial charge in [0.25, 0.3) is 0 Å². The highest BCUT2D eigenvalue weighted by atomic mass is 16.5. The summed E-state index contributed by atoms with van der Waals surface area (Å²) in [6.07, 6.45) is 2.11. The smallest absolute Gasteiger partial charge is 0.325 e. The van der Waals surface area contributed by atoms with E-state index in [9.17, 15) is 4.79 Å². The molecule has 5 heteroatoms. The Labute approximate surface area is 117 Å². The van der Waals surface area contributed by atoms with E-state index in [2.05, 4.69) is 9.72 Å². The molecule has 0 amide bonds.